The molecule has 140 valence electrons. The number of imide groups is 1. The molecule has 1 aliphatic heterocycles. The first-order chi connectivity index (χ1) is 13.0. The topological polar surface area (TPSA) is 55.8 Å². The molecule has 7 heteroatoms. The van der Waals surface area contributed by atoms with Gasteiger partial charge < -0.3 is 9.47 Å². The molecule has 2 aromatic rings. The molecule has 1 saturated heterocycles. The van der Waals surface area contributed by atoms with Gasteiger partial charge in [0.25, 0.3) is 11.1 Å². The van der Waals surface area contributed by atoms with Crippen molar-refractivity contribution in [3.05, 3.63) is 63.0 Å². The van der Waals surface area contributed by atoms with Crippen molar-refractivity contribution in [3.8, 4) is 11.5 Å². The van der Waals surface area contributed by atoms with Crippen LogP contribution in [0.4, 0.5) is 4.79 Å². The molecule has 0 spiro atoms. The first kappa shape index (κ1) is 19.5. The van der Waals surface area contributed by atoms with Crippen LogP contribution in [0, 0.1) is 0 Å². The van der Waals surface area contributed by atoms with Crippen LogP contribution in [-0.4, -0.2) is 29.8 Å². The number of hydrogen-bond donors (Lipinski definition) is 0. The predicted octanol–water partition coefficient (Wildman–Crippen LogP) is 5.09. The van der Waals surface area contributed by atoms with Gasteiger partial charge in [0.1, 0.15) is 0 Å². The number of hydrogen-bond acceptors (Lipinski definition) is 5. The average molecular weight is 448 g/mol. The molecule has 0 aliphatic carbocycles. The van der Waals surface area contributed by atoms with Gasteiger partial charge >= 0.3 is 0 Å². The number of benzene rings is 2. The van der Waals surface area contributed by atoms with E-state index in [1.807, 2.05) is 43.3 Å². The van der Waals surface area contributed by atoms with E-state index in [4.69, 9.17) is 9.47 Å². The number of carbonyl (C=O) groups excluding carboxylic acids is 2. The minimum Gasteiger partial charge on any atom is -0.493 e. The molecule has 1 fully saturated rings. The fraction of sp³-hybridized carbons (Fsp3) is 0.200. The molecule has 0 aromatic heterocycles. The highest BCUT2D eigenvalue weighted by atomic mass is 79.9. The van der Waals surface area contributed by atoms with Crippen molar-refractivity contribution >= 4 is 44.9 Å². The van der Waals surface area contributed by atoms with E-state index >= 15 is 0 Å². The lowest BCUT2D eigenvalue weighted by Gasteiger charge is -2.13. The summed E-state index contributed by atoms with van der Waals surface area (Å²) in [7, 11) is 1.56. The summed E-state index contributed by atoms with van der Waals surface area (Å²) in [6.07, 6.45) is 1.69. The second-order valence-electron chi connectivity index (χ2n) is 5.72. The zero-order chi connectivity index (χ0) is 19.4. The number of thioether (sulfide) groups is 1. The Bertz CT molecular complexity index is 898. The summed E-state index contributed by atoms with van der Waals surface area (Å²) in [6.45, 7) is 2.66. The van der Waals surface area contributed by atoms with Crippen molar-refractivity contribution in [2.45, 2.75) is 13.5 Å². The molecule has 2 amide bonds. The number of ether oxygens (including phenoxy) is 2. The molecule has 0 unspecified atom stereocenters. The highest BCUT2D eigenvalue weighted by Gasteiger charge is 2.35. The van der Waals surface area contributed by atoms with Gasteiger partial charge in [-0.3, -0.25) is 14.5 Å². The van der Waals surface area contributed by atoms with E-state index in [-0.39, 0.29) is 17.7 Å². The summed E-state index contributed by atoms with van der Waals surface area (Å²) in [6, 6.07) is 13.1. The summed E-state index contributed by atoms with van der Waals surface area (Å²) < 4.78 is 11.7. The zero-order valence-corrected chi connectivity index (χ0v) is 17.3. The van der Waals surface area contributed by atoms with Gasteiger partial charge in [0.15, 0.2) is 11.5 Å². The van der Waals surface area contributed by atoms with Crippen molar-refractivity contribution in [2.24, 2.45) is 0 Å². The van der Waals surface area contributed by atoms with Crippen LogP contribution < -0.4 is 9.47 Å². The molecule has 5 nitrogen and oxygen atoms in total. The Morgan fingerprint density at radius 3 is 2.59 bits per heavy atom. The Kier molecular flexibility index (Phi) is 6.23. The first-order valence-electron chi connectivity index (χ1n) is 8.33. The summed E-state index contributed by atoms with van der Waals surface area (Å²) in [4.78, 5) is 26.6. The van der Waals surface area contributed by atoms with Crippen molar-refractivity contribution < 1.29 is 19.1 Å². The largest absolute Gasteiger partial charge is 0.493 e. The van der Waals surface area contributed by atoms with Gasteiger partial charge in [0, 0.05) is 0 Å². The SMILES string of the molecule is CCOc1c(Br)cc(C=C2SC(=O)N(Cc3ccccc3)C2=O)cc1OC. The van der Waals surface area contributed by atoms with Crippen LogP contribution in [0.5, 0.6) is 11.5 Å². The summed E-state index contributed by atoms with van der Waals surface area (Å²) in [5.41, 5.74) is 1.65. The minimum absolute atomic E-state index is 0.263. The van der Waals surface area contributed by atoms with E-state index in [1.54, 1.807) is 19.3 Å². The second-order valence-corrected chi connectivity index (χ2v) is 7.57. The summed E-state index contributed by atoms with van der Waals surface area (Å²) >= 11 is 4.41. The van der Waals surface area contributed by atoms with Gasteiger partial charge in [-0.25, -0.2) is 0 Å². The van der Waals surface area contributed by atoms with Gasteiger partial charge in [-0.1, -0.05) is 30.3 Å². The average Bonchev–Trinajstić information content (AvgIpc) is 2.92. The van der Waals surface area contributed by atoms with Gasteiger partial charge in [-0.05, 0) is 64.0 Å². The summed E-state index contributed by atoms with van der Waals surface area (Å²) in [5, 5.41) is -0.271. The van der Waals surface area contributed by atoms with Crippen LogP contribution >= 0.6 is 27.7 Å². The molecule has 1 aliphatic rings. The van der Waals surface area contributed by atoms with E-state index in [2.05, 4.69) is 15.9 Å². The van der Waals surface area contributed by atoms with Crippen LogP contribution in [0.3, 0.4) is 0 Å². The Balaban J connectivity index is 1.86. The predicted molar refractivity (Wildman–Crippen MR) is 110 cm³/mol. The highest BCUT2D eigenvalue weighted by Crippen LogP contribution is 2.39. The van der Waals surface area contributed by atoms with E-state index in [0.29, 0.717) is 23.0 Å². The van der Waals surface area contributed by atoms with Crippen LogP contribution in [0.2, 0.25) is 0 Å². The molecule has 2 aromatic carbocycles. The maximum absolute atomic E-state index is 12.7. The lowest BCUT2D eigenvalue weighted by molar-refractivity contribution is -0.123. The molecular weight excluding hydrogens is 430 g/mol. The third kappa shape index (κ3) is 4.36. The normalized spacial score (nSPS) is 15.5. The van der Waals surface area contributed by atoms with Gasteiger partial charge in [0.2, 0.25) is 0 Å². The number of rotatable bonds is 6. The highest BCUT2D eigenvalue weighted by molar-refractivity contribution is 9.10. The van der Waals surface area contributed by atoms with E-state index in [9.17, 15) is 9.59 Å². The Morgan fingerprint density at radius 2 is 1.93 bits per heavy atom. The van der Waals surface area contributed by atoms with Crippen molar-refractivity contribution in [3.63, 3.8) is 0 Å². The third-order valence-corrected chi connectivity index (χ3v) is 5.39. The van der Waals surface area contributed by atoms with Crippen molar-refractivity contribution in [1.29, 1.82) is 0 Å². The number of carbonyl (C=O) groups is 2. The van der Waals surface area contributed by atoms with E-state index in [0.717, 1.165) is 27.4 Å². The third-order valence-electron chi connectivity index (χ3n) is 3.90. The lowest BCUT2D eigenvalue weighted by Crippen LogP contribution is -2.27. The fourth-order valence-corrected chi connectivity index (χ4v) is 4.07. The monoisotopic (exact) mass is 447 g/mol. The van der Waals surface area contributed by atoms with Crippen LogP contribution in [0.25, 0.3) is 6.08 Å². The molecule has 27 heavy (non-hydrogen) atoms. The molecule has 0 radical (unpaired) electrons. The standard InChI is InChI=1S/C20H18BrNO4S/c1-3-26-18-15(21)9-14(10-16(18)25-2)11-17-19(23)22(20(24)27-17)12-13-7-5-4-6-8-13/h4-11H,3,12H2,1-2H3. The quantitative estimate of drug-likeness (QED) is 0.576. The number of methoxy groups -OCH3 is 1. The Hall–Kier alpha value is -2.25. The zero-order valence-electron chi connectivity index (χ0n) is 14.9. The van der Waals surface area contributed by atoms with E-state index in [1.165, 1.54) is 4.90 Å². The van der Waals surface area contributed by atoms with Crippen LogP contribution in [0.1, 0.15) is 18.1 Å². The van der Waals surface area contributed by atoms with Crippen LogP contribution in [-0.2, 0) is 11.3 Å². The van der Waals surface area contributed by atoms with Gasteiger partial charge in [0.05, 0.1) is 29.6 Å². The van der Waals surface area contributed by atoms with Crippen molar-refractivity contribution in [2.75, 3.05) is 13.7 Å². The molecular formula is C20H18BrNO4S. The first-order valence-corrected chi connectivity index (χ1v) is 9.94. The fourth-order valence-electron chi connectivity index (χ4n) is 2.66. The number of halogens is 1. The molecule has 0 N–H and O–H groups in total. The maximum atomic E-state index is 12.7. The smallest absolute Gasteiger partial charge is 0.293 e. The van der Waals surface area contributed by atoms with Crippen LogP contribution in [0.15, 0.2) is 51.8 Å². The second kappa shape index (κ2) is 8.63. The van der Waals surface area contributed by atoms with Gasteiger partial charge in [-0.2, -0.15) is 0 Å². The maximum Gasteiger partial charge on any atom is 0.293 e. The number of amides is 2. The molecule has 0 saturated carbocycles. The summed E-state index contributed by atoms with van der Waals surface area (Å²) in [5.74, 6) is 0.869. The Labute approximate surface area is 170 Å². The van der Waals surface area contributed by atoms with E-state index < -0.39 is 0 Å². The molecule has 0 atom stereocenters. The molecule has 3 rings (SSSR count). The Morgan fingerprint density at radius 1 is 1.19 bits per heavy atom. The lowest BCUT2D eigenvalue weighted by atomic mass is 10.1. The minimum atomic E-state index is -0.294. The molecule has 0 bridgehead atoms. The number of nitrogens with zero attached hydrogens (tertiary/aromatic N) is 1. The van der Waals surface area contributed by atoms with Gasteiger partial charge in [-0.15, -0.1) is 0 Å². The molecule has 1 heterocycles. The van der Waals surface area contributed by atoms with Crippen molar-refractivity contribution in [1.82, 2.24) is 4.90 Å².